The van der Waals surface area contributed by atoms with E-state index in [-0.39, 0.29) is 11.8 Å². The highest BCUT2D eigenvalue weighted by atomic mass is 16.5. The van der Waals surface area contributed by atoms with E-state index < -0.39 is 0 Å². The Morgan fingerprint density at radius 2 is 1.81 bits per heavy atom. The van der Waals surface area contributed by atoms with E-state index in [4.69, 9.17) is 4.74 Å². The van der Waals surface area contributed by atoms with Crippen molar-refractivity contribution in [3.63, 3.8) is 0 Å². The summed E-state index contributed by atoms with van der Waals surface area (Å²) >= 11 is 0. The Hall–Kier alpha value is -3.15. The lowest BCUT2D eigenvalue weighted by Crippen LogP contribution is -2.17. The van der Waals surface area contributed by atoms with Gasteiger partial charge in [0.15, 0.2) is 0 Å². The molecule has 2 amide bonds. The number of benzene rings is 2. The minimum absolute atomic E-state index is 0.160. The van der Waals surface area contributed by atoms with Crippen molar-refractivity contribution in [3.8, 4) is 5.75 Å². The fourth-order valence-corrected chi connectivity index (χ4v) is 2.62. The molecule has 0 unspecified atom stereocenters. The Morgan fingerprint density at radius 1 is 1.15 bits per heavy atom. The van der Waals surface area contributed by atoms with Crippen LogP contribution in [0.25, 0.3) is 0 Å². The van der Waals surface area contributed by atoms with E-state index in [0.29, 0.717) is 17.2 Å². The van der Waals surface area contributed by atoms with E-state index in [1.54, 1.807) is 37.6 Å². The van der Waals surface area contributed by atoms with Crippen molar-refractivity contribution in [2.75, 3.05) is 12.4 Å². The molecule has 0 radical (unpaired) electrons. The summed E-state index contributed by atoms with van der Waals surface area (Å²) in [4.78, 5) is 23.2. The van der Waals surface area contributed by atoms with Gasteiger partial charge in [-0.3, -0.25) is 9.59 Å². The highest BCUT2D eigenvalue weighted by Crippen LogP contribution is 2.29. The average Bonchev–Trinajstić information content (AvgIpc) is 2.62. The number of methoxy groups -OCH3 is 1. The van der Waals surface area contributed by atoms with E-state index in [1.165, 1.54) is 6.92 Å². The zero-order valence-electron chi connectivity index (χ0n) is 16.3. The van der Waals surface area contributed by atoms with Gasteiger partial charge in [0.1, 0.15) is 5.75 Å². The van der Waals surface area contributed by atoms with Gasteiger partial charge >= 0.3 is 0 Å². The molecule has 142 valence electrons. The van der Waals surface area contributed by atoms with Gasteiger partial charge < -0.3 is 10.1 Å². The number of rotatable bonds is 6. The van der Waals surface area contributed by atoms with Gasteiger partial charge in [-0.25, -0.2) is 5.43 Å². The number of ether oxygens (including phenoxy) is 1. The molecule has 0 atom stereocenters. The lowest BCUT2D eigenvalue weighted by Gasteiger charge is -2.14. The largest absolute Gasteiger partial charge is 0.496 e. The van der Waals surface area contributed by atoms with Crippen molar-refractivity contribution in [1.82, 2.24) is 5.43 Å². The quantitative estimate of drug-likeness (QED) is 0.601. The molecule has 2 N–H and O–H groups in total. The van der Waals surface area contributed by atoms with Crippen LogP contribution < -0.4 is 15.5 Å². The Morgan fingerprint density at radius 3 is 2.37 bits per heavy atom. The van der Waals surface area contributed by atoms with Crippen LogP contribution in [0.15, 0.2) is 41.5 Å². The molecule has 27 heavy (non-hydrogen) atoms. The van der Waals surface area contributed by atoms with Crippen molar-refractivity contribution in [2.45, 2.75) is 33.6 Å². The zero-order valence-corrected chi connectivity index (χ0v) is 16.3. The van der Waals surface area contributed by atoms with Crippen molar-refractivity contribution in [3.05, 3.63) is 58.7 Å². The maximum atomic E-state index is 12.2. The lowest BCUT2D eigenvalue weighted by atomic mass is 9.97. The van der Waals surface area contributed by atoms with Crippen LogP contribution in [0.2, 0.25) is 0 Å². The van der Waals surface area contributed by atoms with Crippen molar-refractivity contribution < 1.29 is 14.3 Å². The normalized spacial score (nSPS) is 10.9. The lowest BCUT2D eigenvalue weighted by molar-refractivity contribution is -0.114. The molecule has 6 heteroatoms. The van der Waals surface area contributed by atoms with E-state index in [2.05, 4.69) is 29.7 Å². The fraction of sp³-hybridized carbons (Fsp3) is 0.286. The summed E-state index contributed by atoms with van der Waals surface area (Å²) in [6.07, 6.45) is 1.63. The first kappa shape index (κ1) is 20.2. The summed E-state index contributed by atoms with van der Waals surface area (Å²) in [5.41, 5.74) is 6.63. The van der Waals surface area contributed by atoms with Crippen molar-refractivity contribution in [1.29, 1.82) is 0 Å². The minimum Gasteiger partial charge on any atom is -0.496 e. The third-order valence-electron chi connectivity index (χ3n) is 4.08. The average molecular weight is 367 g/mol. The molecule has 0 bridgehead atoms. The van der Waals surface area contributed by atoms with Crippen LogP contribution in [0.1, 0.15) is 53.7 Å². The first-order valence-electron chi connectivity index (χ1n) is 8.71. The van der Waals surface area contributed by atoms with E-state index in [0.717, 1.165) is 22.4 Å². The molecule has 0 fully saturated rings. The monoisotopic (exact) mass is 367 g/mol. The molecule has 0 heterocycles. The van der Waals surface area contributed by atoms with E-state index in [9.17, 15) is 9.59 Å². The van der Waals surface area contributed by atoms with Crippen LogP contribution in [0.4, 0.5) is 5.69 Å². The second-order valence-electron chi connectivity index (χ2n) is 6.56. The number of hydrogen-bond acceptors (Lipinski definition) is 4. The number of nitrogens with one attached hydrogen (secondary N) is 2. The number of carbonyl (C=O) groups excluding carboxylic acids is 2. The van der Waals surface area contributed by atoms with Crippen LogP contribution in [0, 0.1) is 6.92 Å². The van der Waals surface area contributed by atoms with Crippen LogP contribution in [-0.4, -0.2) is 25.1 Å². The Kier molecular flexibility index (Phi) is 6.71. The summed E-state index contributed by atoms with van der Waals surface area (Å²) in [5.74, 6) is 0.677. The first-order valence-corrected chi connectivity index (χ1v) is 8.71. The van der Waals surface area contributed by atoms with Crippen LogP contribution in [0.5, 0.6) is 5.75 Å². The van der Waals surface area contributed by atoms with Crippen molar-refractivity contribution >= 4 is 23.7 Å². The van der Waals surface area contributed by atoms with Gasteiger partial charge in [0.05, 0.1) is 13.3 Å². The van der Waals surface area contributed by atoms with E-state index >= 15 is 0 Å². The molecule has 2 rings (SSSR count). The highest BCUT2D eigenvalue weighted by Gasteiger charge is 2.10. The van der Waals surface area contributed by atoms with Gasteiger partial charge in [-0.2, -0.15) is 5.10 Å². The number of carbonyl (C=O) groups is 2. The Labute approximate surface area is 159 Å². The summed E-state index contributed by atoms with van der Waals surface area (Å²) < 4.78 is 5.44. The van der Waals surface area contributed by atoms with Gasteiger partial charge in [0, 0.05) is 18.2 Å². The molecule has 2 aromatic carbocycles. The number of aryl methyl sites for hydroxylation is 1. The smallest absolute Gasteiger partial charge is 0.271 e. The Balaban J connectivity index is 2.09. The number of hydrogen-bond donors (Lipinski definition) is 2. The second-order valence-corrected chi connectivity index (χ2v) is 6.56. The maximum absolute atomic E-state index is 12.2. The molecule has 0 spiro atoms. The molecule has 0 saturated carbocycles. The topological polar surface area (TPSA) is 79.8 Å². The van der Waals surface area contributed by atoms with Gasteiger partial charge in [-0.15, -0.1) is 0 Å². The van der Waals surface area contributed by atoms with Crippen LogP contribution >= 0.6 is 0 Å². The number of anilines is 1. The van der Waals surface area contributed by atoms with Gasteiger partial charge in [0.25, 0.3) is 5.91 Å². The van der Waals surface area contributed by atoms with Crippen LogP contribution in [0.3, 0.4) is 0 Å². The van der Waals surface area contributed by atoms with Gasteiger partial charge in [-0.1, -0.05) is 13.8 Å². The summed E-state index contributed by atoms with van der Waals surface area (Å²) in [6.45, 7) is 7.60. The number of hydrazone groups is 1. The highest BCUT2D eigenvalue weighted by molar-refractivity contribution is 5.96. The standard InChI is InChI=1S/C21H25N3O3/c1-13(2)19-11-17(14(3)10-20(19)27-5)12-22-24-21(26)16-6-8-18(9-7-16)23-15(4)25/h6-13H,1-5H3,(H,23,25)(H,24,26)/b22-12-. The number of amides is 2. The molecule has 0 aliphatic heterocycles. The Bertz CT molecular complexity index is 856. The molecule has 6 nitrogen and oxygen atoms in total. The summed E-state index contributed by atoms with van der Waals surface area (Å²) in [5, 5.41) is 6.73. The molecule has 2 aromatic rings. The van der Waals surface area contributed by atoms with Crippen molar-refractivity contribution in [2.24, 2.45) is 5.10 Å². The molecule has 0 saturated heterocycles. The molecular formula is C21H25N3O3. The van der Waals surface area contributed by atoms with Gasteiger partial charge in [0.2, 0.25) is 5.91 Å². The summed E-state index contributed by atoms with van der Waals surface area (Å²) in [6, 6.07) is 10.6. The summed E-state index contributed by atoms with van der Waals surface area (Å²) in [7, 11) is 1.66. The SMILES string of the molecule is COc1cc(C)c(/C=N\NC(=O)c2ccc(NC(C)=O)cc2)cc1C(C)C. The predicted octanol–water partition coefficient (Wildman–Crippen LogP) is 3.85. The first-order chi connectivity index (χ1) is 12.8. The maximum Gasteiger partial charge on any atom is 0.271 e. The fourth-order valence-electron chi connectivity index (χ4n) is 2.62. The minimum atomic E-state index is -0.323. The predicted molar refractivity (Wildman–Crippen MR) is 108 cm³/mol. The van der Waals surface area contributed by atoms with Gasteiger partial charge in [-0.05, 0) is 65.9 Å². The zero-order chi connectivity index (χ0) is 20.0. The molecule has 0 aliphatic carbocycles. The second kappa shape index (κ2) is 8.98. The molecular weight excluding hydrogens is 342 g/mol. The number of nitrogens with zero attached hydrogens (tertiary/aromatic N) is 1. The van der Waals surface area contributed by atoms with Crippen LogP contribution in [-0.2, 0) is 4.79 Å². The third-order valence-corrected chi connectivity index (χ3v) is 4.08. The molecule has 0 aromatic heterocycles. The van der Waals surface area contributed by atoms with E-state index in [1.807, 2.05) is 19.1 Å². The third kappa shape index (κ3) is 5.41. The molecule has 0 aliphatic rings.